The molecule has 0 saturated carbocycles. The number of fused-ring (bicyclic) bond motifs is 1. The fraction of sp³-hybridized carbons (Fsp3) is 0.200. The molecule has 8 nitrogen and oxygen atoms in total. The van der Waals surface area contributed by atoms with Gasteiger partial charge in [0, 0.05) is 43.1 Å². The second-order valence-corrected chi connectivity index (χ2v) is 9.59. The van der Waals surface area contributed by atoms with Crippen LogP contribution in [0.15, 0.2) is 85.1 Å². The van der Waals surface area contributed by atoms with E-state index in [9.17, 15) is 0 Å². The zero-order chi connectivity index (χ0) is 25.9. The molecule has 0 atom stereocenters. The molecule has 1 aliphatic heterocycles. The second-order valence-electron chi connectivity index (χ2n) is 9.59. The Bertz CT molecular complexity index is 1590. The monoisotopic (exact) mass is 500 g/mol. The summed E-state index contributed by atoms with van der Waals surface area (Å²) in [5.74, 6) is 1.14. The number of aromatic nitrogens is 4. The average Bonchev–Trinajstić information content (AvgIpc) is 3.34. The van der Waals surface area contributed by atoms with Crippen LogP contribution in [0.4, 0.5) is 5.82 Å². The van der Waals surface area contributed by atoms with Crippen molar-refractivity contribution in [1.29, 1.82) is 5.26 Å². The topological polar surface area (TPSA) is 109 Å². The summed E-state index contributed by atoms with van der Waals surface area (Å²) < 4.78 is 2.07. The van der Waals surface area contributed by atoms with E-state index in [1.165, 1.54) is 5.56 Å². The first-order valence-corrected chi connectivity index (χ1v) is 12.8. The highest BCUT2D eigenvalue weighted by atomic mass is 15.1. The van der Waals surface area contributed by atoms with E-state index < -0.39 is 0 Å². The van der Waals surface area contributed by atoms with Gasteiger partial charge in [0.1, 0.15) is 11.3 Å². The van der Waals surface area contributed by atoms with E-state index in [0.29, 0.717) is 17.7 Å². The summed E-state index contributed by atoms with van der Waals surface area (Å²) >= 11 is 0. The van der Waals surface area contributed by atoms with E-state index in [-0.39, 0.29) is 0 Å². The highest BCUT2D eigenvalue weighted by molar-refractivity contribution is 5.84. The summed E-state index contributed by atoms with van der Waals surface area (Å²) in [6, 6.07) is 26.8. The van der Waals surface area contributed by atoms with E-state index in [1.807, 2.05) is 42.5 Å². The van der Waals surface area contributed by atoms with E-state index in [1.54, 1.807) is 6.20 Å². The van der Waals surface area contributed by atoms with Gasteiger partial charge < -0.3 is 11.1 Å². The number of imidazole rings is 1. The molecule has 0 aliphatic carbocycles. The molecule has 3 aromatic heterocycles. The smallest absolute Gasteiger partial charge is 0.176 e. The molecule has 5 aromatic rings. The molecular weight excluding hydrogens is 472 g/mol. The van der Waals surface area contributed by atoms with Crippen molar-refractivity contribution in [3.63, 3.8) is 0 Å². The van der Waals surface area contributed by atoms with E-state index in [2.05, 4.69) is 62.4 Å². The van der Waals surface area contributed by atoms with Gasteiger partial charge in [0.05, 0.1) is 11.3 Å². The third-order valence-corrected chi connectivity index (χ3v) is 7.11. The lowest BCUT2D eigenvalue weighted by molar-refractivity contribution is 0.197. The number of nitriles is 1. The zero-order valence-corrected chi connectivity index (χ0v) is 21.0. The predicted octanol–water partition coefficient (Wildman–Crippen LogP) is 4.77. The quantitative estimate of drug-likeness (QED) is 0.255. The first-order valence-electron chi connectivity index (χ1n) is 12.8. The van der Waals surface area contributed by atoms with Crippen molar-refractivity contribution in [2.75, 3.05) is 18.8 Å². The summed E-state index contributed by atoms with van der Waals surface area (Å²) in [4.78, 5) is 16.7. The summed E-state index contributed by atoms with van der Waals surface area (Å²) in [6.07, 6.45) is 5.73. The number of nitrogens with one attached hydrogen (secondary N) is 1. The van der Waals surface area contributed by atoms with E-state index in [0.717, 1.165) is 66.1 Å². The molecule has 8 heteroatoms. The highest BCUT2D eigenvalue weighted by Gasteiger charge is 2.20. The maximum atomic E-state index is 8.87. The Kier molecular flexibility index (Phi) is 6.42. The van der Waals surface area contributed by atoms with Gasteiger partial charge in [-0.05, 0) is 54.8 Å². The van der Waals surface area contributed by atoms with Crippen LogP contribution in [0.1, 0.15) is 18.4 Å². The third kappa shape index (κ3) is 4.67. The van der Waals surface area contributed by atoms with Gasteiger partial charge in [0.25, 0.3) is 0 Å². The molecular formula is C30H28N8. The molecule has 3 N–H and O–H groups in total. The normalized spacial score (nSPS) is 14.4. The number of benzene rings is 2. The van der Waals surface area contributed by atoms with E-state index >= 15 is 0 Å². The van der Waals surface area contributed by atoms with Gasteiger partial charge in [-0.2, -0.15) is 5.26 Å². The Morgan fingerprint density at radius 3 is 2.45 bits per heavy atom. The molecule has 0 bridgehead atoms. The van der Waals surface area contributed by atoms with Crippen LogP contribution < -0.4 is 11.1 Å². The summed E-state index contributed by atoms with van der Waals surface area (Å²) in [5, 5.41) is 11.8. The molecule has 0 radical (unpaired) electrons. The van der Waals surface area contributed by atoms with Crippen LogP contribution in [0.25, 0.3) is 39.5 Å². The number of nitrogens with two attached hydrogens (primary N) is 1. The van der Waals surface area contributed by atoms with Crippen molar-refractivity contribution in [2.24, 2.45) is 0 Å². The maximum Gasteiger partial charge on any atom is 0.176 e. The van der Waals surface area contributed by atoms with Gasteiger partial charge >= 0.3 is 0 Å². The molecule has 38 heavy (non-hydrogen) atoms. The fourth-order valence-electron chi connectivity index (χ4n) is 5.09. The Labute approximate surface area is 221 Å². The zero-order valence-electron chi connectivity index (χ0n) is 21.0. The van der Waals surface area contributed by atoms with Crippen molar-refractivity contribution in [2.45, 2.75) is 25.4 Å². The molecule has 1 aliphatic rings. The average molecular weight is 501 g/mol. The lowest BCUT2D eigenvalue weighted by Crippen LogP contribution is -2.40. The molecule has 0 unspecified atom stereocenters. The molecule has 0 spiro atoms. The number of piperidine rings is 1. The number of anilines is 1. The van der Waals surface area contributed by atoms with Crippen LogP contribution in [0.5, 0.6) is 0 Å². The first kappa shape index (κ1) is 23.6. The number of hydrogen-bond donors (Lipinski definition) is 2. The molecule has 1 saturated heterocycles. The molecule has 2 aromatic carbocycles. The lowest BCUT2D eigenvalue weighted by Gasteiger charge is -2.31. The van der Waals surface area contributed by atoms with Crippen LogP contribution in [-0.2, 0) is 6.54 Å². The van der Waals surface area contributed by atoms with Crippen molar-refractivity contribution >= 4 is 17.0 Å². The number of hydrogen-bond acceptors (Lipinski definition) is 7. The highest BCUT2D eigenvalue weighted by Crippen LogP contribution is 2.32. The van der Waals surface area contributed by atoms with Crippen LogP contribution in [0.3, 0.4) is 0 Å². The Morgan fingerprint density at radius 2 is 1.71 bits per heavy atom. The minimum atomic E-state index is 0.291. The predicted molar refractivity (Wildman–Crippen MR) is 149 cm³/mol. The van der Waals surface area contributed by atoms with Gasteiger partial charge in [-0.15, -0.1) is 0 Å². The molecule has 1 fully saturated rings. The van der Waals surface area contributed by atoms with E-state index in [4.69, 9.17) is 21.0 Å². The van der Waals surface area contributed by atoms with Gasteiger partial charge in [0.15, 0.2) is 17.7 Å². The Balaban J connectivity index is 1.37. The SMILES string of the molecule is N#CNC1CCN(Cc2ccc(-n3c(-c4cccnc4N)nc4ccc(-c5ccccc5)nc43)cc2)CC1. The van der Waals surface area contributed by atoms with Gasteiger partial charge in [-0.3, -0.25) is 9.47 Å². The molecule has 6 rings (SSSR count). The molecule has 188 valence electrons. The minimum Gasteiger partial charge on any atom is -0.383 e. The minimum absolute atomic E-state index is 0.291. The van der Waals surface area contributed by atoms with Crippen LogP contribution in [0.2, 0.25) is 0 Å². The largest absolute Gasteiger partial charge is 0.383 e. The summed E-state index contributed by atoms with van der Waals surface area (Å²) in [7, 11) is 0. The Morgan fingerprint density at radius 1 is 0.921 bits per heavy atom. The first-order chi connectivity index (χ1) is 18.7. The number of nitrogens with zero attached hydrogens (tertiary/aromatic N) is 6. The fourth-order valence-corrected chi connectivity index (χ4v) is 5.09. The van der Waals surface area contributed by atoms with Crippen LogP contribution in [0, 0.1) is 11.5 Å². The maximum absolute atomic E-state index is 8.87. The van der Waals surface area contributed by atoms with Crippen molar-refractivity contribution in [1.82, 2.24) is 29.7 Å². The second kappa shape index (κ2) is 10.3. The summed E-state index contributed by atoms with van der Waals surface area (Å²) in [5.41, 5.74) is 12.8. The number of pyridine rings is 2. The van der Waals surface area contributed by atoms with Gasteiger partial charge in [0.2, 0.25) is 0 Å². The molecule has 4 heterocycles. The standard InChI is InChI=1S/C30H28N8/c31-20-34-23-14-17-37(18-15-23)19-21-8-10-24(11-9-21)38-29(25-7-4-16-33-28(25)32)36-27-13-12-26(35-30(27)38)22-5-2-1-3-6-22/h1-13,16,23,34H,14-15,17-19H2,(H2,32,33). The number of rotatable bonds is 6. The third-order valence-electron chi connectivity index (χ3n) is 7.11. The van der Waals surface area contributed by atoms with Crippen molar-refractivity contribution in [3.8, 4) is 34.5 Å². The number of nitrogen functional groups attached to an aromatic ring is 1. The van der Waals surface area contributed by atoms with Crippen molar-refractivity contribution < 1.29 is 0 Å². The lowest BCUT2D eigenvalue weighted by atomic mass is 10.0. The van der Waals surface area contributed by atoms with Crippen LogP contribution in [-0.4, -0.2) is 43.6 Å². The van der Waals surface area contributed by atoms with Gasteiger partial charge in [-0.1, -0.05) is 42.5 Å². The van der Waals surface area contributed by atoms with Gasteiger partial charge in [-0.25, -0.2) is 15.0 Å². The number of likely N-dealkylation sites (tertiary alicyclic amines) is 1. The molecule has 0 amide bonds. The summed E-state index contributed by atoms with van der Waals surface area (Å²) in [6.45, 7) is 2.83. The Hall–Kier alpha value is -4.74. The van der Waals surface area contributed by atoms with Crippen molar-refractivity contribution in [3.05, 3.63) is 90.6 Å². The van der Waals surface area contributed by atoms with Crippen LogP contribution >= 0.6 is 0 Å².